The van der Waals surface area contributed by atoms with E-state index in [0.717, 1.165) is 32.1 Å². The molecule has 1 heterocycles. The van der Waals surface area contributed by atoms with Crippen LogP contribution in [0.3, 0.4) is 0 Å². The molecule has 1 rings (SSSR count). The molecule has 0 unspecified atom stereocenters. The summed E-state index contributed by atoms with van der Waals surface area (Å²) in [6.07, 6.45) is 4.62. The fraction of sp³-hybridized carbons (Fsp3) is 1.00. The molecule has 0 saturated carbocycles. The minimum Gasteiger partial charge on any atom is -0.396 e. The third kappa shape index (κ3) is 4.04. The highest BCUT2D eigenvalue weighted by atomic mass is 16.2. The summed E-state index contributed by atoms with van der Waals surface area (Å²) in [4.78, 5) is 0. The van der Waals surface area contributed by atoms with E-state index in [2.05, 4.69) is 10.6 Å². The molecule has 0 spiro atoms. The van der Waals surface area contributed by atoms with Gasteiger partial charge in [-0.2, -0.15) is 0 Å². The van der Waals surface area contributed by atoms with Gasteiger partial charge in [-0.1, -0.05) is 12.8 Å². The fourth-order valence-corrected chi connectivity index (χ4v) is 1.33. The second-order valence-electron chi connectivity index (χ2n) is 3.45. The molecular weight excluding hydrogens is 152 g/mol. The van der Waals surface area contributed by atoms with Crippen LogP contribution in [0, 0.1) is 0 Å². The summed E-state index contributed by atoms with van der Waals surface area (Å²) in [5.74, 6) is 0. The Bertz CT molecular complexity index is 105. The average molecular weight is 172 g/mol. The number of rotatable bonds is 7. The molecule has 0 bridgehead atoms. The Morgan fingerprint density at radius 1 is 1.17 bits per heavy atom. The number of aliphatic hydroxyl groups excluding tert-OH is 1. The Balaban J connectivity index is 1.70. The van der Waals surface area contributed by atoms with Crippen molar-refractivity contribution in [2.45, 2.75) is 31.7 Å². The van der Waals surface area contributed by atoms with Crippen molar-refractivity contribution in [2.75, 3.05) is 26.2 Å². The van der Waals surface area contributed by atoms with Gasteiger partial charge in [0.2, 0.25) is 0 Å². The van der Waals surface area contributed by atoms with Crippen LogP contribution in [0.1, 0.15) is 25.7 Å². The summed E-state index contributed by atoms with van der Waals surface area (Å²) in [7, 11) is 0. The number of hydrogen-bond acceptors (Lipinski definition) is 3. The first kappa shape index (κ1) is 9.96. The van der Waals surface area contributed by atoms with E-state index in [1.54, 1.807) is 0 Å². The van der Waals surface area contributed by atoms with E-state index in [0.29, 0.717) is 6.61 Å². The molecule has 1 saturated heterocycles. The van der Waals surface area contributed by atoms with E-state index in [9.17, 15) is 0 Å². The number of aliphatic hydroxyl groups is 1. The maximum Gasteiger partial charge on any atom is 0.0431 e. The van der Waals surface area contributed by atoms with Crippen LogP contribution in [0.2, 0.25) is 0 Å². The molecule has 0 aliphatic carbocycles. The van der Waals surface area contributed by atoms with Gasteiger partial charge in [0, 0.05) is 25.7 Å². The van der Waals surface area contributed by atoms with Crippen LogP contribution in [0.4, 0.5) is 0 Å². The number of unbranched alkanes of at least 4 members (excludes halogenated alkanes) is 3. The molecule has 1 fully saturated rings. The van der Waals surface area contributed by atoms with Crippen molar-refractivity contribution < 1.29 is 5.11 Å². The third-order valence-electron chi connectivity index (χ3n) is 2.30. The van der Waals surface area contributed by atoms with Crippen LogP contribution in [0.5, 0.6) is 0 Å². The second-order valence-corrected chi connectivity index (χ2v) is 3.45. The van der Waals surface area contributed by atoms with Gasteiger partial charge in [0.15, 0.2) is 0 Å². The van der Waals surface area contributed by atoms with E-state index in [4.69, 9.17) is 5.11 Å². The summed E-state index contributed by atoms with van der Waals surface area (Å²) >= 11 is 0. The Morgan fingerprint density at radius 3 is 2.50 bits per heavy atom. The van der Waals surface area contributed by atoms with Gasteiger partial charge in [0.05, 0.1) is 0 Å². The largest absolute Gasteiger partial charge is 0.396 e. The Morgan fingerprint density at radius 2 is 1.92 bits per heavy atom. The zero-order valence-corrected chi connectivity index (χ0v) is 7.68. The first-order valence-electron chi connectivity index (χ1n) is 4.98. The Hall–Kier alpha value is -0.120. The van der Waals surface area contributed by atoms with Crippen LogP contribution in [0.15, 0.2) is 0 Å². The smallest absolute Gasteiger partial charge is 0.0431 e. The first-order chi connectivity index (χ1) is 5.93. The van der Waals surface area contributed by atoms with E-state index in [-0.39, 0.29) is 0 Å². The van der Waals surface area contributed by atoms with Crippen molar-refractivity contribution in [1.29, 1.82) is 0 Å². The van der Waals surface area contributed by atoms with Gasteiger partial charge in [-0.25, -0.2) is 0 Å². The quantitative estimate of drug-likeness (QED) is 0.477. The molecule has 0 aromatic heterocycles. The van der Waals surface area contributed by atoms with E-state index in [1.807, 2.05) is 0 Å². The molecule has 72 valence electrons. The Kier molecular flexibility index (Phi) is 5.32. The molecule has 0 aromatic carbocycles. The van der Waals surface area contributed by atoms with Gasteiger partial charge in [-0.05, 0) is 19.4 Å². The molecule has 12 heavy (non-hydrogen) atoms. The monoisotopic (exact) mass is 172 g/mol. The van der Waals surface area contributed by atoms with Gasteiger partial charge in [0.1, 0.15) is 0 Å². The molecule has 0 atom stereocenters. The van der Waals surface area contributed by atoms with Gasteiger partial charge in [-0.15, -0.1) is 0 Å². The van der Waals surface area contributed by atoms with Crippen LogP contribution in [-0.2, 0) is 0 Å². The zero-order valence-electron chi connectivity index (χ0n) is 7.68. The SMILES string of the molecule is OCCCCCCNC1CNC1. The van der Waals surface area contributed by atoms with Gasteiger partial charge in [0.25, 0.3) is 0 Å². The topological polar surface area (TPSA) is 44.3 Å². The normalized spacial score (nSPS) is 17.8. The predicted octanol–water partition coefficient (Wildman–Crippen LogP) is 0.101. The lowest BCUT2D eigenvalue weighted by Gasteiger charge is -2.28. The van der Waals surface area contributed by atoms with Crippen molar-refractivity contribution in [3.05, 3.63) is 0 Å². The molecule has 3 N–H and O–H groups in total. The maximum atomic E-state index is 8.53. The number of hydrogen-bond donors (Lipinski definition) is 3. The van der Waals surface area contributed by atoms with Crippen LogP contribution < -0.4 is 10.6 Å². The summed E-state index contributed by atoms with van der Waals surface area (Å²) in [5.41, 5.74) is 0. The summed E-state index contributed by atoms with van der Waals surface area (Å²) in [6.45, 7) is 3.75. The molecule has 1 aliphatic rings. The molecular formula is C9H20N2O. The fourth-order valence-electron chi connectivity index (χ4n) is 1.33. The summed E-state index contributed by atoms with van der Waals surface area (Å²) in [6, 6.07) is 0.725. The lowest BCUT2D eigenvalue weighted by molar-refractivity contribution is 0.282. The van der Waals surface area contributed by atoms with E-state index < -0.39 is 0 Å². The van der Waals surface area contributed by atoms with Crippen molar-refractivity contribution in [2.24, 2.45) is 0 Å². The molecule has 3 nitrogen and oxygen atoms in total. The lowest BCUT2D eigenvalue weighted by Crippen LogP contribution is -2.55. The second kappa shape index (κ2) is 6.40. The Labute approximate surface area is 74.5 Å². The van der Waals surface area contributed by atoms with Crippen LogP contribution in [0.25, 0.3) is 0 Å². The highest BCUT2D eigenvalue weighted by molar-refractivity contribution is 4.80. The van der Waals surface area contributed by atoms with E-state index >= 15 is 0 Å². The van der Waals surface area contributed by atoms with Crippen molar-refractivity contribution in [3.63, 3.8) is 0 Å². The average Bonchev–Trinajstić information content (AvgIpc) is 2.00. The van der Waals surface area contributed by atoms with Gasteiger partial charge < -0.3 is 15.7 Å². The van der Waals surface area contributed by atoms with Crippen molar-refractivity contribution in [1.82, 2.24) is 10.6 Å². The minimum absolute atomic E-state index is 0.347. The molecule has 0 aromatic rings. The van der Waals surface area contributed by atoms with Crippen LogP contribution >= 0.6 is 0 Å². The molecule has 3 heteroatoms. The molecule has 1 aliphatic heterocycles. The van der Waals surface area contributed by atoms with Crippen molar-refractivity contribution in [3.8, 4) is 0 Å². The first-order valence-corrected chi connectivity index (χ1v) is 4.98. The highest BCUT2D eigenvalue weighted by Crippen LogP contribution is 1.98. The van der Waals surface area contributed by atoms with Crippen LogP contribution in [-0.4, -0.2) is 37.4 Å². The summed E-state index contributed by atoms with van der Waals surface area (Å²) in [5, 5.41) is 15.2. The number of nitrogens with one attached hydrogen (secondary N) is 2. The minimum atomic E-state index is 0.347. The molecule has 0 radical (unpaired) electrons. The predicted molar refractivity (Wildman–Crippen MR) is 50.2 cm³/mol. The highest BCUT2D eigenvalue weighted by Gasteiger charge is 2.14. The summed E-state index contributed by atoms with van der Waals surface area (Å²) < 4.78 is 0. The standard InChI is InChI=1S/C9H20N2O/c12-6-4-2-1-3-5-11-9-7-10-8-9/h9-12H,1-8H2. The van der Waals surface area contributed by atoms with Crippen molar-refractivity contribution >= 4 is 0 Å². The molecule has 0 amide bonds. The zero-order chi connectivity index (χ0) is 8.65. The van der Waals surface area contributed by atoms with E-state index in [1.165, 1.54) is 19.3 Å². The lowest BCUT2D eigenvalue weighted by atomic mass is 10.1. The van der Waals surface area contributed by atoms with Gasteiger partial charge >= 0.3 is 0 Å². The maximum absolute atomic E-state index is 8.53. The third-order valence-corrected chi connectivity index (χ3v) is 2.30. The van der Waals surface area contributed by atoms with Gasteiger partial charge in [-0.3, -0.25) is 0 Å².